The van der Waals surface area contributed by atoms with E-state index in [4.69, 9.17) is 14.0 Å². The first-order valence-electron chi connectivity index (χ1n) is 14.2. The lowest BCUT2D eigenvalue weighted by molar-refractivity contribution is 0.0664. The number of carbonyl (C=O) groups is 1. The van der Waals surface area contributed by atoms with Crippen LogP contribution in [0.25, 0.3) is 33.6 Å². The van der Waals surface area contributed by atoms with E-state index in [-0.39, 0.29) is 11.6 Å². The van der Waals surface area contributed by atoms with Crippen LogP contribution in [-0.2, 0) is 0 Å². The van der Waals surface area contributed by atoms with E-state index < -0.39 is 13.8 Å². The van der Waals surface area contributed by atoms with Gasteiger partial charge in [-0.05, 0) is 67.4 Å². The van der Waals surface area contributed by atoms with Gasteiger partial charge in [-0.2, -0.15) is 0 Å². The molecule has 0 bridgehead atoms. The SMILES string of the molecule is [2H]C([2H])([2H])c1cc(-c2cncc(-c3ccc(C(=O)N4CCN(C([2H])([2H])[2H])CC4)cc3)c2)cc(-c2ncccc2N)n1. The molecule has 4 heterocycles. The minimum absolute atomic E-state index is 0.0805. The monoisotopic (exact) mass is 470 g/mol. The Morgan fingerprint density at radius 2 is 1.71 bits per heavy atom. The highest BCUT2D eigenvalue weighted by molar-refractivity contribution is 5.95. The number of amides is 1. The molecular weight excluding hydrogens is 436 g/mol. The van der Waals surface area contributed by atoms with Crippen LogP contribution >= 0.6 is 0 Å². The van der Waals surface area contributed by atoms with Crippen LogP contribution in [0.3, 0.4) is 0 Å². The largest absolute Gasteiger partial charge is 0.397 e. The zero-order valence-corrected chi connectivity index (χ0v) is 19.0. The summed E-state index contributed by atoms with van der Waals surface area (Å²) in [6.07, 6.45) is 4.91. The second-order valence-corrected chi connectivity index (χ2v) is 8.39. The Labute approximate surface area is 213 Å². The van der Waals surface area contributed by atoms with Crippen molar-refractivity contribution in [3.63, 3.8) is 0 Å². The molecule has 0 unspecified atom stereocenters. The Kier molecular flexibility index (Phi) is 4.55. The Morgan fingerprint density at radius 1 is 0.943 bits per heavy atom. The van der Waals surface area contributed by atoms with Crippen molar-refractivity contribution in [1.82, 2.24) is 24.8 Å². The number of piperazine rings is 1. The summed E-state index contributed by atoms with van der Waals surface area (Å²) in [5.41, 5.74) is 10.5. The van der Waals surface area contributed by atoms with Crippen LogP contribution in [-0.4, -0.2) is 63.8 Å². The van der Waals surface area contributed by atoms with Crippen molar-refractivity contribution in [2.75, 3.05) is 38.9 Å². The summed E-state index contributed by atoms with van der Waals surface area (Å²) in [6, 6.07) is 15.7. The fourth-order valence-electron chi connectivity index (χ4n) is 4.10. The average Bonchev–Trinajstić information content (AvgIpc) is 2.96. The molecule has 7 nitrogen and oxygen atoms in total. The van der Waals surface area contributed by atoms with Gasteiger partial charge in [0.05, 0.1) is 11.4 Å². The molecule has 7 heteroatoms. The molecule has 0 aliphatic carbocycles. The number of aromatic nitrogens is 3. The van der Waals surface area contributed by atoms with Gasteiger partial charge in [0, 0.05) is 75.4 Å². The second kappa shape index (κ2) is 9.64. The second-order valence-electron chi connectivity index (χ2n) is 8.39. The molecular formula is C28H28N6O. The van der Waals surface area contributed by atoms with Crippen molar-refractivity contribution in [2.45, 2.75) is 6.85 Å². The van der Waals surface area contributed by atoms with Gasteiger partial charge in [-0.25, -0.2) is 0 Å². The third-order valence-electron chi connectivity index (χ3n) is 6.01. The fraction of sp³-hybridized carbons (Fsp3) is 0.214. The highest BCUT2D eigenvalue weighted by Gasteiger charge is 2.20. The number of anilines is 1. The molecule has 1 saturated heterocycles. The molecule has 0 atom stereocenters. The molecule has 1 aliphatic rings. The summed E-state index contributed by atoms with van der Waals surface area (Å²) in [6.45, 7) is -3.31. The molecule has 0 radical (unpaired) electrons. The first kappa shape index (κ1) is 16.5. The van der Waals surface area contributed by atoms with E-state index in [2.05, 4.69) is 15.0 Å². The van der Waals surface area contributed by atoms with Gasteiger partial charge in [-0.3, -0.25) is 19.7 Å². The molecule has 1 aliphatic heterocycles. The standard InChI is InChI=1S/C28H28N6O/c1-19-14-22(16-26(32-19)27-25(29)4-3-9-31-27)24-15-23(17-30-18-24)20-5-7-21(8-6-20)28(35)34-12-10-33(2)11-13-34/h3-9,14-18H,10-13,29H2,1-2H3/i1D3,2D3. The topological polar surface area (TPSA) is 88.2 Å². The molecule has 0 saturated carbocycles. The van der Waals surface area contributed by atoms with E-state index in [9.17, 15) is 4.79 Å². The van der Waals surface area contributed by atoms with E-state index in [0.29, 0.717) is 59.9 Å². The molecule has 4 aromatic rings. The molecule has 176 valence electrons. The number of nitrogens with zero attached hydrogens (tertiary/aromatic N) is 5. The lowest BCUT2D eigenvalue weighted by atomic mass is 10.00. The minimum Gasteiger partial charge on any atom is -0.397 e. The molecule has 5 rings (SSSR count). The number of hydrogen-bond acceptors (Lipinski definition) is 6. The van der Waals surface area contributed by atoms with E-state index in [0.717, 1.165) is 11.1 Å². The van der Waals surface area contributed by atoms with Gasteiger partial charge in [0.25, 0.3) is 5.91 Å². The molecule has 1 amide bonds. The molecule has 35 heavy (non-hydrogen) atoms. The number of likely N-dealkylation sites (N-methyl/N-ethyl adjacent to an activating group) is 1. The van der Waals surface area contributed by atoms with Gasteiger partial charge in [0.2, 0.25) is 0 Å². The van der Waals surface area contributed by atoms with E-state index in [1.54, 1.807) is 53.8 Å². The van der Waals surface area contributed by atoms with Crippen LogP contribution in [0.1, 0.15) is 24.3 Å². The predicted octanol–water partition coefficient (Wildman–Crippen LogP) is 4.15. The maximum absolute atomic E-state index is 13.0. The van der Waals surface area contributed by atoms with Crippen molar-refractivity contribution in [1.29, 1.82) is 0 Å². The Morgan fingerprint density at radius 3 is 2.43 bits per heavy atom. The van der Waals surface area contributed by atoms with Gasteiger partial charge >= 0.3 is 0 Å². The fourth-order valence-corrected chi connectivity index (χ4v) is 4.10. The first-order valence-corrected chi connectivity index (χ1v) is 11.2. The molecule has 1 aromatic carbocycles. The predicted molar refractivity (Wildman–Crippen MR) is 139 cm³/mol. The minimum atomic E-state index is -2.44. The van der Waals surface area contributed by atoms with Crippen molar-refractivity contribution >= 4 is 11.6 Å². The zero-order chi connectivity index (χ0) is 29.4. The van der Waals surface area contributed by atoms with Crippen LogP contribution < -0.4 is 5.73 Å². The van der Waals surface area contributed by atoms with Gasteiger partial charge in [-0.1, -0.05) is 12.1 Å². The van der Waals surface area contributed by atoms with Crippen LogP contribution in [0.2, 0.25) is 0 Å². The van der Waals surface area contributed by atoms with Gasteiger partial charge in [0.1, 0.15) is 5.69 Å². The van der Waals surface area contributed by atoms with Gasteiger partial charge in [-0.15, -0.1) is 0 Å². The van der Waals surface area contributed by atoms with Crippen molar-refractivity contribution in [3.05, 3.63) is 84.4 Å². The number of nitrogens with two attached hydrogens (primary N) is 1. The van der Waals surface area contributed by atoms with Crippen molar-refractivity contribution in [2.24, 2.45) is 0 Å². The van der Waals surface area contributed by atoms with E-state index in [1.807, 2.05) is 18.2 Å². The highest BCUT2D eigenvalue weighted by atomic mass is 16.2. The normalized spacial score (nSPS) is 17.4. The Hall–Kier alpha value is -4.10. The lowest BCUT2D eigenvalue weighted by Crippen LogP contribution is -2.47. The highest BCUT2D eigenvalue weighted by Crippen LogP contribution is 2.30. The number of nitrogen functional groups attached to an aromatic ring is 1. The Balaban J connectivity index is 1.40. The van der Waals surface area contributed by atoms with Crippen LogP contribution in [0, 0.1) is 6.85 Å². The Bertz CT molecular complexity index is 1560. The zero-order valence-electron chi connectivity index (χ0n) is 25.0. The smallest absolute Gasteiger partial charge is 0.253 e. The maximum Gasteiger partial charge on any atom is 0.253 e. The summed E-state index contributed by atoms with van der Waals surface area (Å²) in [7, 11) is 0. The van der Waals surface area contributed by atoms with E-state index >= 15 is 0 Å². The maximum atomic E-state index is 13.0. The molecule has 2 N–H and O–H groups in total. The summed E-state index contributed by atoms with van der Waals surface area (Å²) >= 11 is 0. The van der Waals surface area contributed by atoms with E-state index in [1.165, 1.54) is 11.0 Å². The number of pyridine rings is 3. The van der Waals surface area contributed by atoms with Gasteiger partial charge < -0.3 is 15.5 Å². The summed E-state index contributed by atoms with van der Waals surface area (Å²) in [4.78, 5) is 29.1. The quantitative estimate of drug-likeness (QED) is 0.482. The summed E-state index contributed by atoms with van der Waals surface area (Å²) < 4.78 is 46.4. The summed E-state index contributed by atoms with van der Waals surface area (Å²) in [5.74, 6) is -0.149. The summed E-state index contributed by atoms with van der Waals surface area (Å²) in [5, 5.41) is 0. The average molecular weight is 471 g/mol. The number of aryl methyl sites for hydroxylation is 1. The third-order valence-corrected chi connectivity index (χ3v) is 6.01. The number of rotatable bonds is 4. The number of carbonyl (C=O) groups excluding carboxylic acids is 1. The van der Waals surface area contributed by atoms with Crippen LogP contribution in [0.4, 0.5) is 5.69 Å². The van der Waals surface area contributed by atoms with Crippen LogP contribution in [0.5, 0.6) is 0 Å². The van der Waals surface area contributed by atoms with Gasteiger partial charge in [0.15, 0.2) is 0 Å². The number of benzene rings is 1. The van der Waals surface area contributed by atoms with Crippen LogP contribution in [0.15, 0.2) is 73.2 Å². The van der Waals surface area contributed by atoms with Crippen molar-refractivity contribution < 1.29 is 13.0 Å². The number of hydrogen-bond donors (Lipinski definition) is 1. The molecule has 1 fully saturated rings. The van der Waals surface area contributed by atoms with Crippen molar-refractivity contribution in [3.8, 4) is 33.6 Å². The first-order chi connectivity index (χ1) is 19.4. The lowest BCUT2D eigenvalue weighted by Gasteiger charge is -2.32. The third kappa shape index (κ3) is 4.90. The molecule has 3 aromatic heterocycles. The molecule has 0 spiro atoms.